The number of carbonyl (C=O) groups excluding carboxylic acids is 1. The molecule has 0 spiro atoms. The lowest BCUT2D eigenvalue weighted by molar-refractivity contribution is 0.145. The lowest BCUT2D eigenvalue weighted by atomic mass is 9.76. The van der Waals surface area contributed by atoms with Crippen molar-refractivity contribution in [3.8, 4) is 0 Å². The summed E-state index contributed by atoms with van der Waals surface area (Å²) in [6, 6.07) is 6.20. The molecule has 0 unspecified atom stereocenters. The number of likely N-dealkylation sites (tertiary alicyclic amines) is 2. The normalized spacial score (nSPS) is 21.9. The van der Waals surface area contributed by atoms with Gasteiger partial charge in [-0.2, -0.15) is 0 Å². The Morgan fingerprint density at radius 1 is 1.03 bits per heavy atom. The Morgan fingerprint density at radius 3 is 2.46 bits per heavy atom. The molecule has 1 aromatic carbocycles. The number of aryl methyl sites for hydroxylation is 2. The fourth-order valence-corrected chi connectivity index (χ4v) is 7.85. The minimum absolute atomic E-state index is 0.275. The zero-order chi connectivity index (χ0) is 24.5. The van der Waals surface area contributed by atoms with Crippen LogP contribution in [0, 0.1) is 11.8 Å². The predicted molar refractivity (Wildman–Crippen MR) is 148 cm³/mol. The van der Waals surface area contributed by atoms with Gasteiger partial charge in [-0.1, -0.05) is 27.5 Å². The minimum atomic E-state index is -0.275. The number of primary amides is 1. The highest BCUT2D eigenvalue weighted by molar-refractivity contribution is 9.10. The standard InChI is InChI=1S/C27H33Br2ClN4O/c28-21-13-20-2-1-19-14-22(30)15-23(29)24(19)25(26(20)32-16-21)18-6-9-33(10-7-18)8-3-17-4-11-34(12-5-17)27(31)35/h13-18,25H,1-12H2,(H2,31,35)/t25-/m1/s1. The summed E-state index contributed by atoms with van der Waals surface area (Å²) in [4.78, 5) is 20.8. The molecule has 3 aliphatic rings. The van der Waals surface area contributed by atoms with Crippen molar-refractivity contribution in [2.75, 3.05) is 32.7 Å². The highest BCUT2D eigenvalue weighted by Crippen LogP contribution is 2.46. The van der Waals surface area contributed by atoms with Crippen molar-refractivity contribution in [3.05, 3.63) is 60.7 Å². The number of rotatable bonds is 4. The first-order chi connectivity index (χ1) is 16.9. The molecule has 5 rings (SSSR count). The summed E-state index contributed by atoms with van der Waals surface area (Å²) in [7, 11) is 0. The average Bonchev–Trinajstić information content (AvgIpc) is 3.00. The van der Waals surface area contributed by atoms with Gasteiger partial charge in [-0.05, 0) is 127 Å². The molecule has 5 nitrogen and oxygen atoms in total. The van der Waals surface area contributed by atoms with Gasteiger partial charge in [0.15, 0.2) is 0 Å². The van der Waals surface area contributed by atoms with Gasteiger partial charge in [-0.15, -0.1) is 0 Å². The van der Waals surface area contributed by atoms with Gasteiger partial charge in [0, 0.05) is 39.2 Å². The van der Waals surface area contributed by atoms with E-state index in [1.807, 2.05) is 6.20 Å². The number of nitrogens with zero attached hydrogens (tertiary/aromatic N) is 3. The molecule has 35 heavy (non-hydrogen) atoms. The molecule has 2 amide bonds. The van der Waals surface area contributed by atoms with Gasteiger partial charge in [-0.3, -0.25) is 4.98 Å². The summed E-state index contributed by atoms with van der Waals surface area (Å²) in [6.45, 7) is 5.03. The van der Waals surface area contributed by atoms with Gasteiger partial charge in [0.1, 0.15) is 0 Å². The van der Waals surface area contributed by atoms with Crippen LogP contribution in [0.2, 0.25) is 5.02 Å². The monoisotopic (exact) mass is 622 g/mol. The van der Waals surface area contributed by atoms with Gasteiger partial charge in [0.25, 0.3) is 0 Å². The molecular formula is C27H33Br2ClN4O. The number of aromatic nitrogens is 1. The molecule has 2 aliphatic heterocycles. The SMILES string of the molecule is NC(=O)N1CCC(CCN2CCC([C@H]3c4ncc(Br)cc4CCc4cc(Cl)cc(Br)c43)CC2)CC1. The van der Waals surface area contributed by atoms with Crippen molar-refractivity contribution in [2.45, 2.75) is 50.9 Å². The van der Waals surface area contributed by atoms with Crippen molar-refractivity contribution in [1.82, 2.24) is 14.8 Å². The van der Waals surface area contributed by atoms with Crippen molar-refractivity contribution in [1.29, 1.82) is 0 Å². The molecule has 8 heteroatoms. The molecule has 2 aromatic rings. The number of urea groups is 1. The quantitative estimate of drug-likeness (QED) is 0.429. The highest BCUT2D eigenvalue weighted by Gasteiger charge is 2.35. The lowest BCUT2D eigenvalue weighted by Crippen LogP contribution is -2.42. The summed E-state index contributed by atoms with van der Waals surface area (Å²) < 4.78 is 2.17. The van der Waals surface area contributed by atoms with Gasteiger partial charge in [0.05, 0.1) is 5.69 Å². The molecule has 3 heterocycles. The molecule has 2 N–H and O–H groups in total. The lowest BCUT2D eigenvalue weighted by Gasteiger charge is -2.38. The number of benzene rings is 1. The maximum Gasteiger partial charge on any atom is 0.314 e. The van der Waals surface area contributed by atoms with Crippen LogP contribution in [0.15, 0.2) is 33.3 Å². The van der Waals surface area contributed by atoms with E-state index >= 15 is 0 Å². The second-order valence-electron chi connectivity index (χ2n) is 10.4. The molecule has 2 fully saturated rings. The van der Waals surface area contributed by atoms with E-state index in [1.165, 1.54) is 41.6 Å². The van der Waals surface area contributed by atoms with Crippen LogP contribution in [-0.4, -0.2) is 53.5 Å². The van der Waals surface area contributed by atoms with E-state index in [4.69, 9.17) is 22.3 Å². The van der Waals surface area contributed by atoms with Crippen LogP contribution in [0.25, 0.3) is 0 Å². The molecule has 0 radical (unpaired) electrons. The first kappa shape index (κ1) is 25.5. The van der Waals surface area contributed by atoms with Gasteiger partial charge >= 0.3 is 6.03 Å². The maximum absolute atomic E-state index is 11.4. The van der Waals surface area contributed by atoms with E-state index < -0.39 is 0 Å². The fraction of sp³-hybridized carbons (Fsp3) is 0.556. The van der Waals surface area contributed by atoms with Crippen LogP contribution in [0.4, 0.5) is 4.79 Å². The Hall–Kier alpha value is -1.15. The van der Waals surface area contributed by atoms with E-state index in [-0.39, 0.29) is 6.03 Å². The predicted octanol–water partition coefficient (Wildman–Crippen LogP) is 6.38. The van der Waals surface area contributed by atoms with E-state index in [2.05, 4.69) is 55.0 Å². The Bertz CT molecular complexity index is 1080. The summed E-state index contributed by atoms with van der Waals surface area (Å²) in [5, 5.41) is 0.797. The molecular weight excluding hydrogens is 592 g/mol. The first-order valence-corrected chi connectivity index (χ1v) is 14.7. The smallest absolute Gasteiger partial charge is 0.314 e. The van der Waals surface area contributed by atoms with Crippen molar-refractivity contribution < 1.29 is 4.79 Å². The van der Waals surface area contributed by atoms with E-state index in [0.717, 1.165) is 72.4 Å². The maximum atomic E-state index is 11.4. The Labute approximate surface area is 230 Å². The van der Waals surface area contributed by atoms with Crippen molar-refractivity contribution >= 4 is 49.5 Å². The van der Waals surface area contributed by atoms with Crippen LogP contribution < -0.4 is 5.73 Å². The summed E-state index contributed by atoms with van der Waals surface area (Å²) >= 11 is 14.0. The topological polar surface area (TPSA) is 62.5 Å². The second kappa shape index (κ2) is 11.1. The molecule has 0 bridgehead atoms. The zero-order valence-electron chi connectivity index (χ0n) is 20.0. The van der Waals surface area contributed by atoms with Gasteiger partial charge in [0.2, 0.25) is 0 Å². The molecule has 1 aliphatic carbocycles. The third-order valence-electron chi connectivity index (χ3n) is 8.30. The number of amides is 2. The van der Waals surface area contributed by atoms with Crippen LogP contribution in [-0.2, 0) is 12.8 Å². The summed E-state index contributed by atoms with van der Waals surface area (Å²) in [5.41, 5.74) is 10.8. The Balaban J connectivity index is 1.27. The fourth-order valence-electron chi connectivity index (χ4n) is 6.35. The minimum Gasteiger partial charge on any atom is -0.351 e. The van der Waals surface area contributed by atoms with Gasteiger partial charge < -0.3 is 15.5 Å². The number of hydrogen-bond donors (Lipinski definition) is 1. The number of halogens is 3. The van der Waals surface area contributed by atoms with E-state index in [9.17, 15) is 4.79 Å². The Morgan fingerprint density at radius 2 is 1.74 bits per heavy atom. The van der Waals surface area contributed by atoms with Gasteiger partial charge in [-0.25, -0.2) is 4.79 Å². The number of fused-ring (bicyclic) bond motifs is 2. The third kappa shape index (κ3) is 5.73. The molecule has 1 aromatic heterocycles. The molecule has 1 atom stereocenters. The summed E-state index contributed by atoms with van der Waals surface area (Å²) in [6.07, 6.45) is 9.66. The van der Waals surface area contributed by atoms with Crippen LogP contribution >= 0.6 is 43.5 Å². The Kier molecular flexibility index (Phi) is 8.07. The van der Waals surface area contributed by atoms with E-state index in [0.29, 0.717) is 17.8 Å². The zero-order valence-corrected chi connectivity index (χ0v) is 23.9. The number of hydrogen-bond acceptors (Lipinski definition) is 3. The third-order valence-corrected chi connectivity index (χ3v) is 9.61. The van der Waals surface area contributed by atoms with Crippen molar-refractivity contribution in [3.63, 3.8) is 0 Å². The molecule has 2 saturated heterocycles. The van der Waals surface area contributed by atoms with Crippen LogP contribution in [0.5, 0.6) is 0 Å². The second-order valence-corrected chi connectivity index (χ2v) is 12.6. The highest BCUT2D eigenvalue weighted by atomic mass is 79.9. The largest absolute Gasteiger partial charge is 0.351 e. The number of piperidine rings is 2. The molecule has 188 valence electrons. The van der Waals surface area contributed by atoms with E-state index in [1.54, 1.807) is 4.90 Å². The van der Waals surface area contributed by atoms with Crippen LogP contribution in [0.3, 0.4) is 0 Å². The first-order valence-electron chi connectivity index (χ1n) is 12.8. The number of pyridine rings is 1. The summed E-state index contributed by atoms with van der Waals surface area (Å²) in [5.74, 6) is 1.56. The number of carbonyl (C=O) groups is 1. The molecule has 0 saturated carbocycles. The average molecular weight is 625 g/mol. The van der Waals surface area contributed by atoms with Crippen molar-refractivity contribution in [2.24, 2.45) is 17.6 Å². The van der Waals surface area contributed by atoms with Crippen LogP contribution in [0.1, 0.15) is 60.4 Å². The number of nitrogens with two attached hydrogens (primary N) is 1.